The molecule has 2 heterocycles. The van der Waals surface area contributed by atoms with E-state index in [1.807, 2.05) is 12.1 Å². The van der Waals surface area contributed by atoms with Crippen LogP contribution in [0.5, 0.6) is 0 Å². The fourth-order valence-corrected chi connectivity index (χ4v) is 4.56. The fourth-order valence-electron chi connectivity index (χ4n) is 4.56. The average molecular weight is 388 g/mol. The van der Waals surface area contributed by atoms with E-state index in [1.54, 1.807) is 12.1 Å². The molecule has 0 bridgehead atoms. The van der Waals surface area contributed by atoms with Crippen molar-refractivity contribution >= 4 is 17.6 Å². The molecule has 28 heavy (non-hydrogen) atoms. The Labute approximate surface area is 168 Å². The number of anilines is 1. The number of ether oxygens (including phenoxy) is 1. The second-order valence-corrected chi connectivity index (χ2v) is 8.23. The Morgan fingerprint density at radius 2 is 1.64 bits per heavy atom. The zero-order chi connectivity index (χ0) is 20.3. The number of methoxy groups -OCH3 is 1. The molecule has 3 atom stereocenters. The summed E-state index contributed by atoms with van der Waals surface area (Å²) in [7, 11) is 1.39. The van der Waals surface area contributed by atoms with E-state index in [0.717, 1.165) is 38.2 Å². The number of likely N-dealkylation sites (tertiary alicyclic amines) is 1. The van der Waals surface area contributed by atoms with E-state index in [2.05, 4.69) is 35.5 Å². The number of hydrogen-bond donors (Lipinski definition) is 0. The number of hydrogen-bond acceptors (Lipinski definition) is 5. The van der Waals surface area contributed by atoms with Crippen molar-refractivity contribution in [2.24, 2.45) is 0 Å². The number of carbonyl (C=O) groups excluding carboxylic acids is 2. The van der Waals surface area contributed by atoms with Crippen molar-refractivity contribution in [2.75, 3.05) is 38.2 Å². The minimum atomic E-state index is -0.315. The molecule has 2 aliphatic rings. The lowest BCUT2D eigenvalue weighted by molar-refractivity contribution is -0.139. The maximum atomic E-state index is 12.9. The summed E-state index contributed by atoms with van der Waals surface area (Å²) in [4.78, 5) is 31.3. The first kappa shape index (κ1) is 20.6. The van der Waals surface area contributed by atoms with E-state index in [0.29, 0.717) is 30.2 Å². The van der Waals surface area contributed by atoms with Crippen LogP contribution in [-0.4, -0.2) is 73.1 Å². The third-order valence-corrected chi connectivity index (χ3v) is 6.24. The van der Waals surface area contributed by atoms with Crippen molar-refractivity contribution in [2.45, 2.75) is 58.2 Å². The molecule has 0 aromatic heterocycles. The van der Waals surface area contributed by atoms with E-state index in [-0.39, 0.29) is 11.9 Å². The van der Waals surface area contributed by atoms with Crippen LogP contribution in [0.25, 0.3) is 0 Å². The van der Waals surface area contributed by atoms with Crippen LogP contribution in [0.3, 0.4) is 0 Å². The highest BCUT2D eigenvalue weighted by molar-refractivity contribution is 5.89. The highest BCUT2D eigenvalue weighted by atomic mass is 16.5. The molecule has 1 aromatic rings. The lowest BCUT2D eigenvalue weighted by atomic mass is 9.97. The van der Waals surface area contributed by atoms with Gasteiger partial charge in [-0.2, -0.15) is 0 Å². The molecule has 0 N–H and O–H groups in total. The zero-order valence-electron chi connectivity index (χ0n) is 17.6. The quantitative estimate of drug-likeness (QED) is 0.744. The van der Waals surface area contributed by atoms with Gasteiger partial charge in [-0.3, -0.25) is 9.69 Å². The van der Waals surface area contributed by atoms with Gasteiger partial charge in [-0.15, -0.1) is 0 Å². The van der Waals surface area contributed by atoms with Crippen molar-refractivity contribution < 1.29 is 14.3 Å². The summed E-state index contributed by atoms with van der Waals surface area (Å²) >= 11 is 0. The molecule has 154 valence electrons. The summed E-state index contributed by atoms with van der Waals surface area (Å²) in [6, 6.07) is 8.55. The molecule has 1 aromatic carbocycles. The van der Waals surface area contributed by atoms with Gasteiger partial charge in [0.2, 0.25) is 5.91 Å². The van der Waals surface area contributed by atoms with E-state index in [4.69, 9.17) is 4.74 Å². The summed E-state index contributed by atoms with van der Waals surface area (Å²) in [6.45, 7) is 9.65. The van der Waals surface area contributed by atoms with Crippen LogP contribution in [0.1, 0.15) is 50.4 Å². The largest absolute Gasteiger partial charge is 0.465 e. The Kier molecular flexibility index (Phi) is 6.60. The Hall–Kier alpha value is -2.08. The Morgan fingerprint density at radius 1 is 1.00 bits per heavy atom. The van der Waals surface area contributed by atoms with Gasteiger partial charge in [-0.1, -0.05) is 0 Å². The SMILES string of the molecule is COC(=O)c1ccc(N2CCN(CC(=O)N3C(C)CCCC3C)C(C)C2)cc1. The summed E-state index contributed by atoms with van der Waals surface area (Å²) < 4.78 is 4.76. The van der Waals surface area contributed by atoms with Crippen molar-refractivity contribution in [1.29, 1.82) is 0 Å². The summed E-state index contributed by atoms with van der Waals surface area (Å²) in [5.41, 5.74) is 1.66. The van der Waals surface area contributed by atoms with Crippen LogP contribution < -0.4 is 4.90 Å². The third kappa shape index (κ3) is 4.49. The van der Waals surface area contributed by atoms with E-state index >= 15 is 0 Å². The number of rotatable bonds is 4. The second kappa shape index (κ2) is 8.95. The molecule has 0 saturated carbocycles. The molecule has 0 spiro atoms. The van der Waals surface area contributed by atoms with Gasteiger partial charge in [0, 0.05) is 43.4 Å². The van der Waals surface area contributed by atoms with Crippen LogP contribution in [0, 0.1) is 0 Å². The molecule has 6 heteroatoms. The molecule has 2 saturated heterocycles. The molecule has 3 unspecified atom stereocenters. The van der Waals surface area contributed by atoms with Gasteiger partial charge in [-0.05, 0) is 64.3 Å². The molecule has 3 rings (SSSR count). The van der Waals surface area contributed by atoms with Crippen molar-refractivity contribution in [3.05, 3.63) is 29.8 Å². The monoisotopic (exact) mass is 387 g/mol. The number of benzene rings is 1. The predicted octanol–water partition coefficient (Wildman–Crippen LogP) is 2.77. The Morgan fingerprint density at radius 3 is 2.21 bits per heavy atom. The Balaban J connectivity index is 1.57. The minimum absolute atomic E-state index is 0.266. The number of piperazine rings is 1. The summed E-state index contributed by atoms with van der Waals surface area (Å²) in [5, 5.41) is 0. The lowest BCUT2D eigenvalue weighted by Crippen LogP contribution is -2.57. The smallest absolute Gasteiger partial charge is 0.337 e. The fraction of sp³-hybridized carbons (Fsp3) is 0.636. The number of amides is 1. The molecule has 2 aliphatic heterocycles. The van der Waals surface area contributed by atoms with E-state index < -0.39 is 0 Å². The van der Waals surface area contributed by atoms with Gasteiger partial charge in [0.15, 0.2) is 0 Å². The van der Waals surface area contributed by atoms with Crippen LogP contribution >= 0.6 is 0 Å². The van der Waals surface area contributed by atoms with E-state index in [1.165, 1.54) is 13.5 Å². The number of carbonyl (C=O) groups is 2. The van der Waals surface area contributed by atoms with Crippen LogP contribution in [0.15, 0.2) is 24.3 Å². The molecular weight excluding hydrogens is 354 g/mol. The minimum Gasteiger partial charge on any atom is -0.465 e. The maximum absolute atomic E-state index is 12.9. The Bertz CT molecular complexity index is 681. The first-order valence-electron chi connectivity index (χ1n) is 10.4. The van der Waals surface area contributed by atoms with Gasteiger partial charge in [0.05, 0.1) is 19.2 Å². The van der Waals surface area contributed by atoms with Gasteiger partial charge < -0.3 is 14.5 Å². The number of piperidine rings is 1. The number of esters is 1. The average Bonchev–Trinajstić information content (AvgIpc) is 2.69. The second-order valence-electron chi connectivity index (χ2n) is 8.23. The summed E-state index contributed by atoms with van der Waals surface area (Å²) in [5.74, 6) is -0.0492. The molecule has 6 nitrogen and oxygen atoms in total. The summed E-state index contributed by atoms with van der Waals surface area (Å²) in [6.07, 6.45) is 3.44. The van der Waals surface area contributed by atoms with Crippen molar-refractivity contribution in [3.63, 3.8) is 0 Å². The van der Waals surface area contributed by atoms with Crippen LogP contribution in [-0.2, 0) is 9.53 Å². The topological polar surface area (TPSA) is 53.1 Å². The van der Waals surface area contributed by atoms with E-state index in [9.17, 15) is 9.59 Å². The van der Waals surface area contributed by atoms with Crippen molar-refractivity contribution in [3.8, 4) is 0 Å². The van der Waals surface area contributed by atoms with Crippen LogP contribution in [0.4, 0.5) is 5.69 Å². The third-order valence-electron chi connectivity index (χ3n) is 6.24. The van der Waals surface area contributed by atoms with Gasteiger partial charge in [-0.25, -0.2) is 4.79 Å². The predicted molar refractivity (Wildman–Crippen MR) is 111 cm³/mol. The highest BCUT2D eigenvalue weighted by Crippen LogP contribution is 2.24. The van der Waals surface area contributed by atoms with Crippen molar-refractivity contribution in [1.82, 2.24) is 9.80 Å². The van der Waals surface area contributed by atoms with Gasteiger partial charge in [0.25, 0.3) is 0 Å². The number of nitrogens with zero attached hydrogens (tertiary/aromatic N) is 3. The first-order chi connectivity index (χ1) is 13.4. The standard InChI is InChI=1S/C22H33N3O3/c1-16-6-5-7-17(2)25(16)21(26)15-23-12-13-24(14-18(23)3)20-10-8-19(9-11-20)22(27)28-4/h8-11,16-18H,5-7,12-15H2,1-4H3. The zero-order valence-corrected chi connectivity index (χ0v) is 17.6. The highest BCUT2D eigenvalue weighted by Gasteiger charge is 2.32. The molecular formula is C22H33N3O3. The molecule has 0 radical (unpaired) electrons. The lowest BCUT2D eigenvalue weighted by Gasteiger charge is -2.44. The van der Waals surface area contributed by atoms with Crippen LogP contribution in [0.2, 0.25) is 0 Å². The molecule has 0 aliphatic carbocycles. The first-order valence-corrected chi connectivity index (χ1v) is 10.4. The normalized spacial score (nSPS) is 26.2. The maximum Gasteiger partial charge on any atom is 0.337 e. The van der Waals surface area contributed by atoms with Gasteiger partial charge in [0.1, 0.15) is 0 Å². The van der Waals surface area contributed by atoms with Gasteiger partial charge >= 0.3 is 5.97 Å². The molecule has 1 amide bonds. The molecule has 2 fully saturated rings.